The van der Waals surface area contributed by atoms with Crippen molar-refractivity contribution < 1.29 is 27.6 Å². The Hall–Kier alpha value is -3.73. The van der Waals surface area contributed by atoms with Gasteiger partial charge in [-0.25, -0.2) is 0 Å². The molecule has 6 nitrogen and oxygen atoms in total. The van der Waals surface area contributed by atoms with E-state index in [1.165, 1.54) is 18.5 Å². The van der Waals surface area contributed by atoms with Crippen molar-refractivity contribution >= 4 is 57.2 Å². The van der Waals surface area contributed by atoms with Crippen LogP contribution in [-0.4, -0.2) is 12.1 Å². The minimum atomic E-state index is -4.90. The first-order valence-corrected chi connectivity index (χ1v) is 13.5. The van der Waals surface area contributed by atoms with Gasteiger partial charge in [-0.2, -0.15) is 13.2 Å². The van der Waals surface area contributed by atoms with Gasteiger partial charge in [-0.3, -0.25) is 25.4 Å². The fraction of sp³-hybridized carbons (Fsp3) is 0.100. The molecule has 0 aliphatic carbocycles. The average Bonchev–Trinajstić information content (AvgIpc) is 3.44. The van der Waals surface area contributed by atoms with Crippen LogP contribution in [0.5, 0.6) is 0 Å². The van der Waals surface area contributed by atoms with E-state index in [1.807, 2.05) is 30.3 Å². The van der Waals surface area contributed by atoms with Gasteiger partial charge in [0.15, 0.2) is 0 Å². The first-order valence-electron chi connectivity index (χ1n) is 12.4. The largest absolute Gasteiger partial charge is 0.428 e. The number of rotatable bonds is 8. The molecule has 4 aromatic rings. The molecule has 1 heterocycles. The zero-order chi connectivity index (χ0) is 29.9. The summed E-state index contributed by atoms with van der Waals surface area (Å²) in [6.07, 6.45) is -1.18. The van der Waals surface area contributed by atoms with Crippen molar-refractivity contribution in [2.24, 2.45) is 0 Å². The summed E-state index contributed by atoms with van der Waals surface area (Å²) >= 11 is 18.0. The van der Waals surface area contributed by atoms with Gasteiger partial charge in [0.25, 0.3) is 5.91 Å². The van der Waals surface area contributed by atoms with E-state index in [9.17, 15) is 18.0 Å². The summed E-state index contributed by atoms with van der Waals surface area (Å²) in [5.74, 6) is -0.432. The highest BCUT2D eigenvalue weighted by Crippen LogP contribution is 2.49. The first kappa shape index (κ1) is 29.8. The molecule has 1 aliphatic heterocycles. The molecule has 0 spiro atoms. The van der Waals surface area contributed by atoms with E-state index in [0.717, 1.165) is 23.8 Å². The topological polar surface area (TPSA) is 71.6 Å². The third kappa shape index (κ3) is 5.92. The van der Waals surface area contributed by atoms with Crippen molar-refractivity contribution in [3.8, 4) is 0 Å². The highest BCUT2D eigenvalue weighted by Gasteiger charge is 2.60. The van der Waals surface area contributed by atoms with Gasteiger partial charge in [-0.05, 0) is 40.6 Å². The SMILES string of the molecule is O=C(NC=CNOCc1ccccc1)c1ccc(C2=CC(c3cc(Cl)c(Cl)c(Cl)c3)(C(F)(F)F)ON2)c2ccccc12. The molecule has 3 N–H and O–H groups in total. The summed E-state index contributed by atoms with van der Waals surface area (Å²) in [7, 11) is 0. The van der Waals surface area contributed by atoms with Crippen molar-refractivity contribution in [1.29, 1.82) is 0 Å². The van der Waals surface area contributed by atoms with Crippen LogP contribution in [0.3, 0.4) is 0 Å². The van der Waals surface area contributed by atoms with Gasteiger partial charge in [0.05, 0.1) is 27.4 Å². The standard InChI is InChI=1S/C30H21Cl3F3N3O3/c31-24-14-19(15-25(32)27(24)33)29(30(34,35)36)16-26(39-42-29)22-10-11-23(21-9-5-4-8-20(21)22)28(40)37-12-13-38-41-17-18-6-2-1-3-7-18/h1-16,38-39H,17H2,(H,37,40). The van der Waals surface area contributed by atoms with E-state index >= 15 is 0 Å². The number of hydroxylamine groups is 2. The van der Waals surface area contributed by atoms with E-state index in [1.54, 1.807) is 30.3 Å². The van der Waals surface area contributed by atoms with Crippen LogP contribution in [0.4, 0.5) is 13.2 Å². The predicted molar refractivity (Wildman–Crippen MR) is 156 cm³/mol. The average molecular weight is 635 g/mol. The maximum absolute atomic E-state index is 14.5. The van der Waals surface area contributed by atoms with E-state index < -0.39 is 17.7 Å². The molecule has 0 aromatic heterocycles. The second-order valence-corrected chi connectivity index (χ2v) is 10.3. The van der Waals surface area contributed by atoms with Gasteiger partial charge in [-0.15, -0.1) is 0 Å². The molecular formula is C30H21Cl3F3N3O3. The molecule has 0 saturated carbocycles. The van der Waals surface area contributed by atoms with Crippen LogP contribution >= 0.6 is 34.8 Å². The van der Waals surface area contributed by atoms with Gasteiger partial charge < -0.3 is 5.32 Å². The Morgan fingerprint density at radius 3 is 2.29 bits per heavy atom. The van der Waals surface area contributed by atoms with Crippen molar-refractivity contribution in [1.82, 2.24) is 16.3 Å². The number of nitrogens with one attached hydrogen (secondary N) is 3. The second kappa shape index (κ2) is 12.2. The fourth-order valence-corrected chi connectivity index (χ4v) is 5.05. The van der Waals surface area contributed by atoms with E-state index in [0.29, 0.717) is 28.5 Å². The molecule has 5 rings (SSSR count). The van der Waals surface area contributed by atoms with Gasteiger partial charge >= 0.3 is 6.18 Å². The molecule has 12 heteroatoms. The van der Waals surface area contributed by atoms with Gasteiger partial charge in [0, 0.05) is 29.1 Å². The Balaban J connectivity index is 1.40. The van der Waals surface area contributed by atoms with Gasteiger partial charge in [0.2, 0.25) is 5.60 Å². The van der Waals surface area contributed by atoms with Crippen LogP contribution < -0.4 is 16.3 Å². The zero-order valence-electron chi connectivity index (χ0n) is 21.4. The predicted octanol–water partition coefficient (Wildman–Crippen LogP) is 8.06. The lowest BCUT2D eigenvalue weighted by molar-refractivity contribution is -0.269. The molecule has 216 valence electrons. The van der Waals surface area contributed by atoms with Crippen LogP contribution in [-0.2, 0) is 21.9 Å². The lowest BCUT2D eigenvalue weighted by Crippen LogP contribution is -2.42. The number of carbonyl (C=O) groups is 1. The summed E-state index contributed by atoms with van der Waals surface area (Å²) in [5, 5.41) is 3.31. The molecule has 1 amide bonds. The molecule has 42 heavy (non-hydrogen) atoms. The molecule has 1 unspecified atom stereocenters. The Kier molecular flexibility index (Phi) is 8.68. The number of alkyl halides is 3. The molecule has 0 radical (unpaired) electrons. The second-order valence-electron chi connectivity index (χ2n) is 9.15. The maximum atomic E-state index is 14.5. The lowest BCUT2D eigenvalue weighted by Gasteiger charge is -2.29. The number of hydrogen-bond donors (Lipinski definition) is 3. The minimum absolute atomic E-state index is 0.0392. The summed E-state index contributed by atoms with van der Waals surface area (Å²) in [4.78, 5) is 23.5. The van der Waals surface area contributed by atoms with Crippen LogP contribution in [0.1, 0.15) is 27.0 Å². The van der Waals surface area contributed by atoms with E-state index in [4.69, 9.17) is 44.5 Å². The van der Waals surface area contributed by atoms with Crippen molar-refractivity contribution in [2.75, 3.05) is 0 Å². The Morgan fingerprint density at radius 2 is 1.60 bits per heavy atom. The van der Waals surface area contributed by atoms with Gasteiger partial charge in [-0.1, -0.05) is 95.5 Å². The molecule has 1 aliphatic rings. The molecule has 0 saturated heterocycles. The summed E-state index contributed by atoms with van der Waals surface area (Å²) in [6.45, 7) is 0.326. The van der Waals surface area contributed by atoms with Crippen molar-refractivity contribution in [3.05, 3.63) is 135 Å². The van der Waals surface area contributed by atoms with Crippen LogP contribution in [0.15, 0.2) is 97.3 Å². The van der Waals surface area contributed by atoms with Crippen LogP contribution in [0.25, 0.3) is 16.5 Å². The number of halogens is 6. The van der Waals surface area contributed by atoms with Crippen LogP contribution in [0, 0.1) is 0 Å². The van der Waals surface area contributed by atoms with E-state index in [-0.39, 0.29) is 26.3 Å². The summed E-state index contributed by atoms with van der Waals surface area (Å²) in [5.41, 5.74) is 3.48. The Morgan fingerprint density at radius 1 is 0.929 bits per heavy atom. The minimum Gasteiger partial charge on any atom is -0.327 e. The molecule has 4 aromatic carbocycles. The number of hydrogen-bond acceptors (Lipinski definition) is 5. The number of fused-ring (bicyclic) bond motifs is 1. The fourth-order valence-electron chi connectivity index (χ4n) is 4.45. The number of benzene rings is 4. The van der Waals surface area contributed by atoms with Gasteiger partial charge in [0.1, 0.15) is 0 Å². The Bertz CT molecular complexity index is 1670. The summed E-state index contributed by atoms with van der Waals surface area (Å²) < 4.78 is 43.6. The maximum Gasteiger partial charge on any atom is 0.428 e. The molecule has 1 atom stereocenters. The zero-order valence-corrected chi connectivity index (χ0v) is 23.7. The highest BCUT2D eigenvalue weighted by molar-refractivity contribution is 6.48. The third-order valence-electron chi connectivity index (χ3n) is 6.49. The molecule has 0 fully saturated rings. The molecular weight excluding hydrogens is 614 g/mol. The van der Waals surface area contributed by atoms with Crippen molar-refractivity contribution in [3.63, 3.8) is 0 Å². The number of carbonyl (C=O) groups excluding carboxylic acids is 1. The lowest BCUT2D eigenvalue weighted by atomic mass is 9.90. The smallest absolute Gasteiger partial charge is 0.327 e. The number of amides is 1. The normalized spacial score (nSPS) is 16.9. The Labute approximate surface area is 253 Å². The third-order valence-corrected chi connectivity index (χ3v) is 7.69. The van der Waals surface area contributed by atoms with E-state index in [2.05, 4.69) is 16.3 Å². The molecule has 0 bridgehead atoms. The first-order chi connectivity index (χ1) is 20.1. The monoisotopic (exact) mass is 633 g/mol. The highest BCUT2D eigenvalue weighted by atomic mass is 35.5. The quantitative estimate of drug-likeness (QED) is 0.104. The van der Waals surface area contributed by atoms with Crippen molar-refractivity contribution in [2.45, 2.75) is 18.4 Å². The summed E-state index contributed by atoms with van der Waals surface area (Å²) in [6, 6.07) is 21.5. The van der Waals surface area contributed by atoms with Crippen LogP contribution in [0.2, 0.25) is 15.1 Å².